The number of benzene rings is 1. The van der Waals surface area contributed by atoms with Gasteiger partial charge in [0.25, 0.3) is 5.91 Å². The molecule has 22 heavy (non-hydrogen) atoms. The fraction of sp³-hybridized carbons (Fsp3) is 0.467. The average molecular weight is 340 g/mol. The summed E-state index contributed by atoms with van der Waals surface area (Å²) in [5, 5.41) is 2.96. The maximum atomic E-state index is 12.2. The van der Waals surface area contributed by atoms with E-state index in [2.05, 4.69) is 15.2 Å². The summed E-state index contributed by atoms with van der Waals surface area (Å²) in [6, 6.07) is 5.46. The monoisotopic (exact) mass is 339 g/mol. The number of carbonyl (C=O) groups is 1. The molecule has 1 aromatic heterocycles. The first-order valence-corrected chi connectivity index (χ1v) is 8.56. The molecule has 7 heteroatoms. The molecule has 0 aliphatic carbocycles. The van der Waals surface area contributed by atoms with E-state index in [4.69, 9.17) is 16.3 Å². The minimum atomic E-state index is -0.0478. The number of carbonyl (C=O) groups excluding carboxylic acids is 1. The van der Waals surface area contributed by atoms with Gasteiger partial charge >= 0.3 is 0 Å². The average Bonchev–Trinajstić information content (AvgIpc) is 2.91. The Morgan fingerprint density at radius 2 is 2.23 bits per heavy atom. The number of aromatic nitrogens is 1. The fourth-order valence-corrected chi connectivity index (χ4v) is 3.54. The maximum absolute atomic E-state index is 12.2. The third kappa shape index (κ3) is 3.95. The van der Waals surface area contributed by atoms with Gasteiger partial charge in [-0.05, 0) is 31.2 Å². The summed E-state index contributed by atoms with van der Waals surface area (Å²) in [6.07, 6.45) is 0.945. The maximum Gasteiger partial charge on any atom is 0.251 e. The van der Waals surface area contributed by atoms with E-state index in [9.17, 15) is 4.79 Å². The zero-order valence-corrected chi connectivity index (χ0v) is 13.8. The van der Waals surface area contributed by atoms with Gasteiger partial charge in [0.2, 0.25) is 0 Å². The molecule has 1 fully saturated rings. The third-order valence-corrected chi connectivity index (χ3v) is 4.79. The summed E-state index contributed by atoms with van der Waals surface area (Å²) in [6.45, 7) is 5.26. The predicted octanol–water partition coefficient (Wildman–Crippen LogP) is 2.40. The molecule has 0 spiro atoms. The van der Waals surface area contributed by atoms with Crippen LogP contribution in [0.4, 0.5) is 0 Å². The number of halogens is 1. The van der Waals surface area contributed by atoms with E-state index < -0.39 is 0 Å². The lowest BCUT2D eigenvalue weighted by atomic mass is 10.2. The molecule has 3 rings (SSSR count). The highest BCUT2D eigenvalue weighted by atomic mass is 35.5. The SMILES string of the molecule is O=C(NCCCN1CCOCC1)c1ccc2nc(Cl)sc2c1. The van der Waals surface area contributed by atoms with Crippen LogP contribution in [0, 0.1) is 0 Å². The topological polar surface area (TPSA) is 54.5 Å². The Morgan fingerprint density at radius 1 is 1.41 bits per heavy atom. The number of hydrogen-bond acceptors (Lipinski definition) is 5. The van der Waals surface area contributed by atoms with Gasteiger partial charge in [-0.2, -0.15) is 0 Å². The van der Waals surface area contributed by atoms with Gasteiger partial charge in [-0.25, -0.2) is 4.98 Å². The Labute approximate surface area is 138 Å². The van der Waals surface area contributed by atoms with E-state index in [0.29, 0.717) is 16.6 Å². The third-order valence-electron chi connectivity index (χ3n) is 3.66. The normalized spacial score (nSPS) is 16.0. The molecule has 1 aromatic carbocycles. The van der Waals surface area contributed by atoms with E-state index in [1.165, 1.54) is 11.3 Å². The predicted molar refractivity (Wildman–Crippen MR) is 88.8 cm³/mol. The first-order chi connectivity index (χ1) is 10.7. The second-order valence-electron chi connectivity index (χ2n) is 5.21. The van der Waals surface area contributed by atoms with Crippen molar-refractivity contribution >= 4 is 39.1 Å². The minimum Gasteiger partial charge on any atom is -0.379 e. The standard InChI is InChI=1S/C15H18ClN3O2S/c16-15-18-12-3-2-11(10-13(12)22-15)14(20)17-4-1-5-19-6-8-21-9-7-19/h2-3,10H,1,4-9H2,(H,17,20). The van der Waals surface area contributed by atoms with Crippen molar-refractivity contribution in [3.8, 4) is 0 Å². The number of fused-ring (bicyclic) bond motifs is 1. The summed E-state index contributed by atoms with van der Waals surface area (Å²) in [7, 11) is 0. The van der Waals surface area contributed by atoms with E-state index >= 15 is 0 Å². The van der Waals surface area contributed by atoms with E-state index in [1.807, 2.05) is 12.1 Å². The van der Waals surface area contributed by atoms with Crippen LogP contribution in [0.3, 0.4) is 0 Å². The molecule has 0 radical (unpaired) electrons. The van der Waals surface area contributed by atoms with Crippen molar-refractivity contribution in [1.82, 2.24) is 15.2 Å². The zero-order valence-electron chi connectivity index (χ0n) is 12.2. The number of nitrogens with zero attached hydrogens (tertiary/aromatic N) is 2. The number of rotatable bonds is 5. The minimum absolute atomic E-state index is 0.0478. The van der Waals surface area contributed by atoms with Crippen LogP contribution in [0.5, 0.6) is 0 Å². The van der Waals surface area contributed by atoms with Crippen molar-refractivity contribution in [2.75, 3.05) is 39.4 Å². The molecule has 1 N–H and O–H groups in total. The molecule has 1 saturated heterocycles. The van der Waals surface area contributed by atoms with E-state index in [-0.39, 0.29) is 5.91 Å². The molecule has 0 bridgehead atoms. The number of ether oxygens (including phenoxy) is 1. The molecule has 1 amide bonds. The van der Waals surface area contributed by atoms with E-state index in [0.717, 1.165) is 49.5 Å². The zero-order chi connectivity index (χ0) is 15.4. The van der Waals surface area contributed by atoms with E-state index in [1.54, 1.807) is 6.07 Å². The lowest BCUT2D eigenvalue weighted by Gasteiger charge is -2.26. The summed E-state index contributed by atoms with van der Waals surface area (Å²) in [4.78, 5) is 18.7. The first-order valence-electron chi connectivity index (χ1n) is 7.37. The molecule has 5 nitrogen and oxygen atoms in total. The smallest absolute Gasteiger partial charge is 0.251 e. The Bertz CT molecular complexity index is 655. The van der Waals surface area contributed by atoms with Crippen molar-refractivity contribution in [3.63, 3.8) is 0 Å². The molecule has 1 aliphatic rings. The van der Waals surface area contributed by atoms with Crippen molar-refractivity contribution < 1.29 is 9.53 Å². The second kappa shape index (κ2) is 7.37. The molecule has 0 atom stereocenters. The van der Waals surface area contributed by atoms with Crippen LogP contribution in [-0.4, -0.2) is 55.2 Å². The van der Waals surface area contributed by atoms with Gasteiger partial charge in [-0.3, -0.25) is 9.69 Å². The lowest BCUT2D eigenvalue weighted by Crippen LogP contribution is -2.38. The first kappa shape index (κ1) is 15.7. The van der Waals surface area contributed by atoms with Gasteiger partial charge in [-0.1, -0.05) is 11.6 Å². The summed E-state index contributed by atoms with van der Waals surface area (Å²) >= 11 is 7.27. The highest BCUT2D eigenvalue weighted by Crippen LogP contribution is 2.26. The number of morpholine rings is 1. The van der Waals surface area contributed by atoms with Crippen molar-refractivity contribution in [3.05, 3.63) is 28.2 Å². The Morgan fingerprint density at radius 3 is 3.05 bits per heavy atom. The van der Waals surface area contributed by atoms with Crippen LogP contribution in [0.15, 0.2) is 18.2 Å². The molecule has 1 aliphatic heterocycles. The van der Waals surface area contributed by atoms with Crippen LogP contribution in [0.2, 0.25) is 4.47 Å². The van der Waals surface area contributed by atoms with Gasteiger partial charge < -0.3 is 10.1 Å². The molecule has 2 heterocycles. The van der Waals surface area contributed by atoms with Gasteiger partial charge in [0.1, 0.15) is 0 Å². The van der Waals surface area contributed by atoms with Gasteiger partial charge in [0.05, 0.1) is 23.4 Å². The van der Waals surface area contributed by atoms with Crippen molar-refractivity contribution in [2.45, 2.75) is 6.42 Å². The number of amides is 1. The van der Waals surface area contributed by atoms with Crippen LogP contribution >= 0.6 is 22.9 Å². The largest absolute Gasteiger partial charge is 0.379 e. The fourth-order valence-electron chi connectivity index (χ4n) is 2.47. The molecule has 0 saturated carbocycles. The van der Waals surface area contributed by atoms with Crippen molar-refractivity contribution in [1.29, 1.82) is 0 Å². The lowest BCUT2D eigenvalue weighted by molar-refractivity contribution is 0.0374. The number of hydrogen-bond donors (Lipinski definition) is 1. The Balaban J connectivity index is 1.48. The quantitative estimate of drug-likeness (QED) is 0.850. The van der Waals surface area contributed by atoms with Crippen LogP contribution < -0.4 is 5.32 Å². The summed E-state index contributed by atoms with van der Waals surface area (Å²) < 4.78 is 6.75. The molecule has 2 aromatic rings. The van der Waals surface area contributed by atoms with Gasteiger partial charge in [0, 0.05) is 25.2 Å². The highest BCUT2D eigenvalue weighted by Gasteiger charge is 2.11. The van der Waals surface area contributed by atoms with Gasteiger partial charge in [0.15, 0.2) is 4.47 Å². The molecule has 0 unspecified atom stereocenters. The highest BCUT2D eigenvalue weighted by molar-refractivity contribution is 7.22. The molecule has 118 valence electrons. The van der Waals surface area contributed by atoms with Crippen LogP contribution in [0.25, 0.3) is 10.2 Å². The Hall–Kier alpha value is -1.21. The van der Waals surface area contributed by atoms with Crippen LogP contribution in [0.1, 0.15) is 16.8 Å². The molecular formula is C15H18ClN3O2S. The number of nitrogens with one attached hydrogen (secondary N) is 1. The van der Waals surface area contributed by atoms with Gasteiger partial charge in [-0.15, -0.1) is 11.3 Å². The Kier molecular flexibility index (Phi) is 5.25. The molecular weight excluding hydrogens is 322 g/mol. The van der Waals surface area contributed by atoms with Crippen molar-refractivity contribution in [2.24, 2.45) is 0 Å². The second-order valence-corrected chi connectivity index (χ2v) is 6.83. The summed E-state index contributed by atoms with van der Waals surface area (Å²) in [5.41, 5.74) is 1.48. The van der Waals surface area contributed by atoms with Crippen LogP contribution in [-0.2, 0) is 4.74 Å². The summed E-state index contributed by atoms with van der Waals surface area (Å²) in [5.74, 6) is -0.0478. The number of thiazole rings is 1.